The van der Waals surface area contributed by atoms with E-state index in [9.17, 15) is 14.9 Å². The molecule has 0 unspecified atom stereocenters. The summed E-state index contributed by atoms with van der Waals surface area (Å²) in [4.78, 5) is 25.2. The van der Waals surface area contributed by atoms with Crippen LogP contribution >= 0.6 is 0 Å². The summed E-state index contributed by atoms with van der Waals surface area (Å²) in [6.07, 6.45) is 1.90. The van der Waals surface area contributed by atoms with E-state index < -0.39 is 4.92 Å². The fourth-order valence-electron chi connectivity index (χ4n) is 2.85. The Morgan fingerprint density at radius 3 is 2.32 bits per heavy atom. The Kier molecular flexibility index (Phi) is 5.98. The zero-order chi connectivity index (χ0) is 20.1. The summed E-state index contributed by atoms with van der Waals surface area (Å²) >= 11 is 0. The third-order valence-electron chi connectivity index (χ3n) is 4.53. The highest BCUT2D eigenvalue weighted by molar-refractivity contribution is 5.78. The quantitative estimate of drug-likeness (QED) is 0.486. The first kappa shape index (κ1) is 19.5. The van der Waals surface area contributed by atoms with Crippen molar-refractivity contribution in [3.8, 4) is 17.2 Å². The average molecular weight is 386 g/mol. The number of hydrogen-bond donors (Lipinski definition) is 0. The van der Waals surface area contributed by atoms with Gasteiger partial charge in [-0.05, 0) is 42.7 Å². The van der Waals surface area contributed by atoms with Crippen LogP contribution < -0.4 is 14.2 Å². The predicted octanol–water partition coefficient (Wildman–Crippen LogP) is 3.18. The molecule has 0 radical (unpaired) electrons. The van der Waals surface area contributed by atoms with Gasteiger partial charge in [0.1, 0.15) is 11.5 Å². The van der Waals surface area contributed by atoms with Crippen LogP contribution in [0.5, 0.6) is 17.2 Å². The van der Waals surface area contributed by atoms with E-state index in [0.717, 1.165) is 24.2 Å². The van der Waals surface area contributed by atoms with Crippen LogP contribution in [-0.2, 0) is 11.3 Å². The largest absolute Gasteiger partial charge is 0.497 e. The van der Waals surface area contributed by atoms with E-state index in [1.54, 1.807) is 18.1 Å². The van der Waals surface area contributed by atoms with Gasteiger partial charge >= 0.3 is 5.69 Å². The fourth-order valence-corrected chi connectivity index (χ4v) is 2.85. The Morgan fingerprint density at radius 2 is 1.75 bits per heavy atom. The fraction of sp³-hybridized carbons (Fsp3) is 0.350. The number of nitro benzene ring substituents is 1. The number of rotatable bonds is 9. The average Bonchev–Trinajstić information content (AvgIpc) is 3.55. The summed E-state index contributed by atoms with van der Waals surface area (Å²) in [6.45, 7) is 0.196. The summed E-state index contributed by atoms with van der Waals surface area (Å²) in [6, 6.07) is 12.0. The van der Waals surface area contributed by atoms with Crippen molar-refractivity contribution in [3.63, 3.8) is 0 Å². The number of nitro groups is 1. The van der Waals surface area contributed by atoms with Crippen molar-refractivity contribution in [1.82, 2.24) is 4.90 Å². The molecule has 3 rings (SSSR count). The molecule has 8 heteroatoms. The molecule has 8 nitrogen and oxygen atoms in total. The van der Waals surface area contributed by atoms with Gasteiger partial charge in [0.15, 0.2) is 12.4 Å². The monoisotopic (exact) mass is 386 g/mol. The second-order valence-corrected chi connectivity index (χ2v) is 6.48. The van der Waals surface area contributed by atoms with Crippen molar-refractivity contribution in [2.75, 3.05) is 20.8 Å². The van der Waals surface area contributed by atoms with Crippen LogP contribution in [0.1, 0.15) is 18.4 Å². The highest BCUT2D eigenvalue weighted by Gasteiger charge is 2.33. The summed E-state index contributed by atoms with van der Waals surface area (Å²) in [5.41, 5.74) is 0.747. The first-order valence-electron chi connectivity index (χ1n) is 8.89. The maximum absolute atomic E-state index is 12.7. The van der Waals surface area contributed by atoms with Gasteiger partial charge in [-0.1, -0.05) is 12.1 Å². The first-order valence-corrected chi connectivity index (χ1v) is 8.89. The normalized spacial score (nSPS) is 12.9. The highest BCUT2D eigenvalue weighted by atomic mass is 16.6. The van der Waals surface area contributed by atoms with Gasteiger partial charge in [-0.25, -0.2) is 0 Å². The molecule has 0 aliphatic heterocycles. The molecule has 1 aliphatic rings. The number of carbonyl (C=O) groups is 1. The SMILES string of the molecule is COc1ccc(CN(C(=O)COc2ccc(OC)cc2[N+](=O)[O-])C2CC2)cc1. The molecule has 1 aliphatic carbocycles. The van der Waals surface area contributed by atoms with Crippen LogP contribution in [0, 0.1) is 10.1 Å². The van der Waals surface area contributed by atoms with Gasteiger partial charge in [0.25, 0.3) is 5.91 Å². The minimum Gasteiger partial charge on any atom is -0.497 e. The number of hydrogen-bond acceptors (Lipinski definition) is 6. The van der Waals surface area contributed by atoms with Gasteiger partial charge in [0.05, 0.1) is 25.2 Å². The van der Waals surface area contributed by atoms with Crippen LogP contribution in [0.2, 0.25) is 0 Å². The molecule has 0 spiro atoms. The molecule has 0 heterocycles. The lowest BCUT2D eigenvalue weighted by Gasteiger charge is -2.22. The summed E-state index contributed by atoms with van der Waals surface area (Å²) < 4.78 is 15.6. The molecule has 148 valence electrons. The number of ether oxygens (including phenoxy) is 3. The predicted molar refractivity (Wildman–Crippen MR) is 102 cm³/mol. The second kappa shape index (κ2) is 8.60. The van der Waals surface area contributed by atoms with Gasteiger partial charge in [0.2, 0.25) is 0 Å². The maximum atomic E-state index is 12.7. The molecular formula is C20H22N2O6. The molecular weight excluding hydrogens is 364 g/mol. The molecule has 2 aromatic carbocycles. The molecule has 1 fully saturated rings. The van der Waals surface area contributed by atoms with Crippen molar-refractivity contribution in [1.29, 1.82) is 0 Å². The number of carbonyl (C=O) groups excluding carboxylic acids is 1. The van der Waals surface area contributed by atoms with Gasteiger partial charge in [-0.15, -0.1) is 0 Å². The Balaban J connectivity index is 1.67. The zero-order valence-corrected chi connectivity index (χ0v) is 15.8. The van der Waals surface area contributed by atoms with Crippen LogP contribution in [0.25, 0.3) is 0 Å². The third-order valence-corrected chi connectivity index (χ3v) is 4.53. The molecule has 2 aromatic rings. The van der Waals surface area contributed by atoms with Crippen LogP contribution in [0.3, 0.4) is 0 Å². The van der Waals surface area contributed by atoms with E-state index in [1.807, 2.05) is 24.3 Å². The van der Waals surface area contributed by atoms with Crippen LogP contribution in [0.15, 0.2) is 42.5 Å². The Morgan fingerprint density at radius 1 is 1.11 bits per heavy atom. The molecule has 0 atom stereocenters. The van der Waals surface area contributed by atoms with Crippen molar-refractivity contribution in [2.24, 2.45) is 0 Å². The van der Waals surface area contributed by atoms with E-state index in [2.05, 4.69) is 0 Å². The minimum atomic E-state index is -0.557. The highest BCUT2D eigenvalue weighted by Crippen LogP contribution is 2.32. The van der Waals surface area contributed by atoms with Crippen LogP contribution in [0.4, 0.5) is 5.69 Å². The minimum absolute atomic E-state index is 0.0411. The van der Waals surface area contributed by atoms with E-state index in [0.29, 0.717) is 12.3 Å². The van der Waals surface area contributed by atoms with Gasteiger partial charge < -0.3 is 19.1 Å². The van der Waals surface area contributed by atoms with E-state index >= 15 is 0 Å². The maximum Gasteiger partial charge on any atom is 0.314 e. The zero-order valence-electron chi connectivity index (χ0n) is 15.8. The standard InChI is InChI=1S/C20H22N2O6/c1-26-16-7-3-14(4-8-16)12-21(15-5-6-15)20(23)13-28-19-10-9-17(27-2)11-18(19)22(24)25/h3-4,7-11,15H,5-6,12-13H2,1-2H3. The molecule has 28 heavy (non-hydrogen) atoms. The lowest BCUT2D eigenvalue weighted by atomic mass is 10.2. The summed E-state index contributed by atoms with van der Waals surface area (Å²) in [5.74, 6) is 0.940. The van der Waals surface area contributed by atoms with E-state index in [4.69, 9.17) is 14.2 Å². The topological polar surface area (TPSA) is 91.1 Å². The molecule has 1 saturated carbocycles. The van der Waals surface area contributed by atoms with Crippen molar-refractivity contribution >= 4 is 11.6 Å². The second-order valence-electron chi connectivity index (χ2n) is 6.48. The molecule has 0 saturated heterocycles. The Hall–Kier alpha value is -3.29. The van der Waals surface area contributed by atoms with Crippen molar-refractivity contribution in [3.05, 3.63) is 58.1 Å². The number of amides is 1. The van der Waals surface area contributed by atoms with Crippen molar-refractivity contribution < 1.29 is 23.9 Å². The first-order chi connectivity index (χ1) is 13.5. The number of methoxy groups -OCH3 is 2. The molecule has 0 bridgehead atoms. The molecule has 0 N–H and O–H groups in total. The third kappa shape index (κ3) is 4.70. The van der Waals surface area contributed by atoms with E-state index in [1.165, 1.54) is 19.2 Å². The lowest BCUT2D eigenvalue weighted by Crippen LogP contribution is -2.36. The Bertz CT molecular complexity index is 848. The van der Waals surface area contributed by atoms with Crippen LogP contribution in [-0.4, -0.2) is 42.6 Å². The van der Waals surface area contributed by atoms with Gasteiger partial charge in [-0.3, -0.25) is 14.9 Å². The molecule has 1 amide bonds. The smallest absolute Gasteiger partial charge is 0.314 e. The lowest BCUT2D eigenvalue weighted by molar-refractivity contribution is -0.385. The van der Waals surface area contributed by atoms with Crippen molar-refractivity contribution in [2.45, 2.75) is 25.4 Å². The number of nitrogens with zero attached hydrogens (tertiary/aromatic N) is 2. The number of benzene rings is 2. The summed E-state index contributed by atoms with van der Waals surface area (Å²) in [7, 11) is 3.03. The molecule has 0 aromatic heterocycles. The summed E-state index contributed by atoms with van der Waals surface area (Å²) in [5, 5.41) is 11.2. The van der Waals surface area contributed by atoms with Gasteiger partial charge in [-0.2, -0.15) is 0 Å². The van der Waals surface area contributed by atoms with Gasteiger partial charge in [0, 0.05) is 12.6 Å². The Labute approximate surface area is 162 Å². The van der Waals surface area contributed by atoms with E-state index in [-0.39, 0.29) is 30.0 Å².